The number of guanidine groups is 1. The number of benzene rings is 1. The number of carbonyl (C=O) groups is 2. The molecule has 0 aliphatic rings. The zero-order valence-electron chi connectivity index (χ0n) is 16.3. The van der Waals surface area contributed by atoms with Gasteiger partial charge in [0.1, 0.15) is 5.76 Å². The number of nitrogens with zero attached hydrogens (tertiary/aromatic N) is 2. The fourth-order valence-electron chi connectivity index (χ4n) is 2.32. The van der Waals surface area contributed by atoms with Crippen LogP contribution in [0.5, 0.6) is 0 Å². The standard InChI is InChI=1S/C19H26N6O3/c1-4-21-19(24-11-17-25-12(2)13(3)28-17)23-9-14-5-7-15(8-6-14)18(27)22-10-16(20)26/h5-8H,4,9-11H2,1-3H3,(H2,20,26)(H,22,27)(H2,21,23,24). The highest BCUT2D eigenvalue weighted by Gasteiger charge is 2.08. The van der Waals surface area contributed by atoms with Gasteiger partial charge in [-0.1, -0.05) is 12.1 Å². The zero-order chi connectivity index (χ0) is 20.5. The van der Waals surface area contributed by atoms with E-state index in [0.29, 0.717) is 37.0 Å². The van der Waals surface area contributed by atoms with Crippen LogP contribution in [-0.4, -0.2) is 35.8 Å². The molecule has 2 aromatic rings. The number of aromatic nitrogens is 1. The maximum absolute atomic E-state index is 11.9. The van der Waals surface area contributed by atoms with Gasteiger partial charge in [-0.25, -0.2) is 9.98 Å². The van der Waals surface area contributed by atoms with Crippen molar-refractivity contribution in [2.24, 2.45) is 10.7 Å². The molecule has 28 heavy (non-hydrogen) atoms. The van der Waals surface area contributed by atoms with Crippen LogP contribution in [0.15, 0.2) is 33.7 Å². The third-order valence-corrected chi connectivity index (χ3v) is 3.88. The number of nitrogens with two attached hydrogens (primary N) is 1. The van der Waals surface area contributed by atoms with Gasteiger partial charge in [0, 0.05) is 12.1 Å². The molecule has 1 aromatic heterocycles. The Morgan fingerprint density at radius 1 is 1.14 bits per heavy atom. The van der Waals surface area contributed by atoms with E-state index in [1.54, 1.807) is 12.1 Å². The Morgan fingerprint density at radius 2 is 1.86 bits per heavy atom. The van der Waals surface area contributed by atoms with Crippen LogP contribution in [0, 0.1) is 13.8 Å². The maximum Gasteiger partial charge on any atom is 0.251 e. The van der Waals surface area contributed by atoms with Gasteiger partial charge >= 0.3 is 0 Å². The Hall–Kier alpha value is -3.36. The fraction of sp³-hybridized carbons (Fsp3) is 0.368. The molecule has 9 nitrogen and oxygen atoms in total. The lowest BCUT2D eigenvalue weighted by molar-refractivity contribution is -0.117. The van der Waals surface area contributed by atoms with E-state index in [9.17, 15) is 9.59 Å². The highest BCUT2D eigenvalue weighted by atomic mass is 16.4. The largest absolute Gasteiger partial charge is 0.444 e. The Bertz CT molecular complexity index is 822. The highest BCUT2D eigenvalue weighted by Crippen LogP contribution is 2.08. The summed E-state index contributed by atoms with van der Waals surface area (Å²) in [5.41, 5.74) is 7.28. The van der Waals surface area contributed by atoms with Crippen molar-refractivity contribution >= 4 is 17.8 Å². The molecule has 9 heteroatoms. The average molecular weight is 386 g/mol. The van der Waals surface area contributed by atoms with E-state index in [1.807, 2.05) is 32.9 Å². The van der Waals surface area contributed by atoms with Crippen molar-refractivity contribution in [3.63, 3.8) is 0 Å². The predicted octanol–water partition coefficient (Wildman–Crippen LogP) is 0.762. The number of hydrogen-bond acceptors (Lipinski definition) is 5. The van der Waals surface area contributed by atoms with Gasteiger partial charge < -0.3 is 26.1 Å². The van der Waals surface area contributed by atoms with Crippen LogP contribution in [-0.2, 0) is 17.9 Å². The second kappa shape index (κ2) is 10.1. The van der Waals surface area contributed by atoms with Gasteiger partial charge in [0.15, 0.2) is 5.96 Å². The van der Waals surface area contributed by atoms with Gasteiger partial charge in [0.25, 0.3) is 5.91 Å². The monoisotopic (exact) mass is 386 g/mol. The molecule has 2 amide bonds. The number of rotatable bonds is 8. The lowest BCUT2D eigenvalue weighted by Gasteiger charge is -2.10. The minimum Gasteiger partial charge on any atom is -0.444 e. The van der Waals surface area contributed by atoms with Crippen LogP contribution >= 0.6 is 0 Å². The van der Waals surface area contributed by atoms with E-state index in [2.05, 4.69) is 25.9 Å². The minimum atomic E-state index is -0.585. The first-order chi connectivity index (χ1) is 13.4. The molecule has 0 radical (unpaired) electrons. The second-order valence-corrected chi connectivity index (χ2v) is 6.14. The van der Waals surface area contributed by atoms with Crippen molar-refractivity contribution in [1.29, 1.82) is 0 Å². The number of nitrogens with one attached hydrogen (secondary N) is 3. The number of hydrogen-bond donors (Lipinski definition) is 4. The Morgan fingerprint density at radius 3 is 2.43 bits per heavy atom. The Balaban J connectivity index is 1.94. The zero-order valence-corrected chi connectivity index (χ0v) is 16.3. The summed E-state index contributed by atoms with van der Waals surface area (Å²) in [6.07, 6.45) is 0. The van der Waals surface area contributed by atoms with Crippen molar-refractivity contribution < 1.29 is 14.0 Å². The van der Waals surface area contributed by atoms with E-state index >= 15 is 0 Å². The Labute approximate surface area is 163 Å². The number of aryl methyl sites for hydroxylation is 2. The third kappa shape index (κ3) is 6.42. The van der Waals surface area contributed by atoms with Crippen LogP contribution in [0.1, 0.15) is 40.2 Å². The van der Waals surface area contributed by atoms with Crippen LogP contribution in [0.4, 0.5) is 0 Å². The normalized spacial score (nSPS) is 11.2. The summed E-state index contributed by atoms with van der Waals surface area (Å²) in [5, 5.41) is 8.79. The summed E-state index contributed by atoms with van der Waals surface area (Å²) in [4.78, 5) is 31.5. The average Bonchev–Trinajstić information content (AvgIpc) is 3.00. The predicted molar refractivity (Wildman–Crippen MR) is 106 cm³/mol. The second-order valence-electron chi connectivity index (χ2n) is 6.14. The molecule has 0 spiro atoms. The third-order valence-electron chi connectivity index (χ3n) is 3.88. The Kier molecular flexibility index (Phi) is 7.55. The molecular formula is C19H26N6O3. The number of aliphatic imine (C=N–C) groups is 1. The highest BCUT2D eigenvalue weighted by molar-refractivity contribution is 5.96. The number of primary amides is 1. The molecule has 5 N–H and O–H groups in total. The molecule has 0 unspecified atom stereocenters. The number of oxazole rings is 1. The first-order valence-electron chi connectivity index (χ1n) is 8.99. The SMILES string of the molecule is CCNC(=NCc1ccc(C(=O)NCC(N)=O)cc1)NCc1nc(C)c(C)o1. The molecule has 0 atom stereocenters. The van der Waals surface area contributed by atoms with Crippen LogP contribution in [0.3, 0.4) is 0 Å². The van der Waals surface area contributed by atoms with Crippen LogP contribution in [0.25, 0.3) is 0 Å². The summed E-state index contributed by atoms with van der Waals surface area (Å²) in [5.74, 6) is 1.11. The van der Waals surface area contributed by atoms with E-state index in [-0.39, 0.29) is 12.5 Å². The van der Waals surface area contributed by atoms with Gasteiger partial charge in [0.05, 0.1) is 25.3 Å². The van der Waals surface area contributed by atoms with Crippen molar-refractivity contribution in [2.75, 3.05) is 13.1 Å². The molecule has 0 saturated carbocycles. The van der Waals surface area contributed by atoms with E-state index < -0.39 is 5.91 Å². The molecular weight excluding hydrogens is 360 g/mol. The van der Waals surface area contributed by atoms with Gasteiger partial charge in [-0.3, -0.25) is 9.59 Å². The number of carbonyl (C=O) groups excluding carboxylic acids is 2. The van der Waals surface area contributed by atoms with Gasteiger partial charge in [0.2, 0.25) is 11.8 Å². The molecule has 0 saturated heterocycles. The summed E-state index contributed by atoms with van der Waals surface area (Å²) in [7, 11) is 0. The maximum atomic E-state index is 11.9. The topological polar surface area (TPSA) is 135 Å². The minimum absolute atomic E-state index is 0.188. The van der Waals surface area contributed by atoms with Crippen LogP contribution < -0.4 is 21.7 Å². The summed E-state index contributed by atoms with van der Waals surface area (Å²) < 4.78 is 5.55. The molecule has 2 rings (SSSR count). The van der Waals surface area contributed by atoms with Crippen molar-refractivity contribution in [3.05, 3.63) is 52.7 Å². The number of amides is 2. The van der Waals surface area contributed by atoms with Gasteiger partial charge in [-0.15, -0.1) is 0 Å². The van der Waals surface area contributed by atoms with Crippen molar-refractivity contribution in [1.82, 2.24) is 20.9 Å². The lowest BCUT2D eigenvalue weighted by atomic mass is 10.1. The molecule has 150 valence electrons. The molecule has 0 aliphatic heterocycles. The smallest absolute Gasteiger partial charge is 0.251 e. The lowest BCUT2D eigenvalue weighted by Crippen LogP contribution is -2.36. The molecule has 0 aliphatic carbocycles. The van der Waals surface area contributed by atoms with Crippen LogP contribution in [0.2, 0.25) is 0 Å². The summed E-state index contributed by atoms with van der Waals surface area (Å²) in [6, 6.07) is 6.99. The van der Waals surface area contributed by atoms with E-state index in [0.717, 1.165) is 17.0 Å². The van der Waals surface area contributed by atoms with Crippen molar-refractivity contribution in [3.8, 4) is 0 Å². The quantitative estimate of drug-likeness (QED) is 0.391. The van der Waals surface area contributed by atoms with E-state index in [1.165, 1.54) is 0 Å². The van der Waals surface area contributed by atoms with E-state index in [4.69, 9.17) is 10.2 Å². The summed E-state index contributed by atoms with van der Waals surface area (Å²) in [6.45, 7) is 7.15. The first-order valence-corrected chi connectivity index (χ1v) is 8.99. The molecule has 0 bridgehead atoms. The van der Waals surface area contributed by atoms with Gasteiger partial charge in [-0.05, 0) is 38.5 Å². The molecule has 0 fully saturated rings. The van der Waals surface area contributed by atoms with Crippen molar-refractivity contribution in [2.45, 2.75) is 33.9 Å². The fourth-order valence-corrected chi connectivity index (χ4v) is 2.32. The molecule has 1 heterocycles. The molecule has 1 aromatic carbocycles. The summed E-state index contributed by atoms with van der Waals surface area (Å²) >= 11 is 0. The van der Waals surface area contributed by atoms with Gasteiger partial charge in [-0.2, -0.15) is 0 Å². The first kappa shape index (κ1) is 20.9.